The third kappa shape index (κ3) is 5.53. The van der Waals surface area contributed by atoms with Gasteiger partial charge in [0.15, 0.2) is 0 Å². The molecule has 4 rings (SSSR count). The molecule has 3 aromatic heterocycles. The molecule has 138 valence electrons. The summed E-state index contributed by atoms with van der Waals surface area (Å²) in [4.78, 5) is 19.7. The van der Waals surface area contributed by atoms with Crippen molar-refractivity contribution in [1.82, 2.24) is 29.8 Å². The van der Waals surface area contributed by atoms with E-state index < -0.39 is 11.9 Å². The van der Waals surface area contributed by atoms with Gasteiger partial charge in [-0.05, 0) is 7.05 Å². The summed E-state index contributed by atoms with van der Waals surface area (Å²) in [5.74, 6) is -1.85. The van der Waals surface area contributed by atoms with E-state index in [-0.39, 0.29) is 31.5 Å². The summed E-state index contributed by atoms with van der Waals surface area (Å²) < 4.78 is 25.5. The molecule has 1 aliphatic heterocycles. The molecule has 0 N–H and O–H groups in total. The van der Waals surface area contributed by atoms with Crippen LogP contribution in [-0.4, -0.2) is 43.2 Å². The zero-order valence-electron chi connectivity index (χ0n) is 13.8. The number of rotatable bonds is 2. The van der Waals surface area contributed by atoms with E-state index in [2.05, 4.69) is 42.2 Å². The van der Waals surface area contributed by atoms with E-state index in [9.17, 15) is 8.78 Å². The summed E-state index contributed by atoms with van der Waals surface area (Å²) in [5.41, 5.74) is 0.770. The van der Waals surface area contributed by atoms with E-state index in [0.717, 1.165) is 11.8 Å². The van der Waals surface area contributed by atoms with Crippen LogP contribution < -0.4 is 5.01 Å². The fourth-order valence-corrected chi connectivity index (χ4v) is 1.83. The molecule has 0 spiro atoms. The minimum Gasteiger partial charge on any atom is -0.493 e. The van der Waals surface area contributed by atoms with Gasteiger partial charge in [0.05, 0.1) is 12.2 Å². The zero-order chi connectivity index (χ0) is 18.4. The first-order valence-corrected chi connectivity index (χ1v) is 7.21. The Labute approximate surface area is 167 Å². The fraction of sp³-hybridized carbons (Fsp3) is 0.0625. The maximum absolute atomic E-state index is 13.1. The molecule has 0 unspecified atom stereocenters. The first-order valence-electron chi connectivity index (χ1n) is 7.21. The first kappa shape index (κ1) is 20.4. The third-order valence-electron chi connectivity index (χ3n) is 2.95. The van der Waals surface area contributed by atoms with Gasteiger partial charge in [0.2, 0.25) is 0 Å². The van der Waals surface area contributed by atoms with Gasteiger partial charge in [-0.15, -0.1) is 12.7 Å². The second kappa shape index (κ2) is 9.69. The van der Waals surface area contributed by atoms with Crippen molar-refractivity contribution in [3.05, 3.63) is 67.9 Å². The van der Waals surface area contributed by atoms with Crippen LogP contribution in [0.25, 0.3) is 11.4 Å². The van der Waals surface area contributed by atoms with Crippen molar-refractivity contribution in [1.29, 1.82) is 0 Å². The monoisotopic (exact) mass is 546 g/mol. The van der Waals surface area contributed by atoms with Crippen molar-refractivity contribution in [2.75, 3.05) is 12.1 Å². The van der Waals surface area contributed by atoms with Crippen LogP contribution in [0, 0.1) is 30.7 Å². The molecule has 0 atom stereocenters. The van der Waals surface area contributed by atoms with Crippen molar-refractivity contribution in [2.24, 2.45) is 5.10 Å². The number of nitrogens with zero attached hydrogens (tertiary/aromatic N) is 8. The van der Waals surface area contributed by atoms with Crippen molar-refractivity contribution in [3.8, 4) is 11.4 Å². The maximum atomic E-state index is 13.1. The molecule has 0 fully saturated rings. The Balaban J connectivity index is 0.000000189. The smallest absolute Gasteiger partial charge is 0.493 e. The minimum atomic E-state index is -0.990. The number of anilines is 1. The number of hydrazone groups is 1. The molecule has 0 saturated carbocycles. The number of pyridine rings is 2. The van der Waals surface area contributed by atoms with E-state index in [4.69, 9.17) is 0 Å². The van der Waals surface area contributed by atoms with E-state index in [1.807, 2.05) is 18.6 Å². The van der Waals surface area contributed by atoms with Gasteiger partial charge in [0, 0.05) is 0 Å². The molecule has 0 amide bonds. The Kier molecular flexibility index (Phi) is 7.33. The average Bonchev–Trinajstić information content (AvgIpc) is 3.10. The molecule has 27 heavy (non-hydrogen) atoms. The predicted octanol–water partition coefficient (Wildman–Crippen LogP) is 1.71. The van der Waals surface area contributed by atoms with Crippen LogP contribution in [0.2, 0.25) is 0 Å². The average molecular weight is 546 g/mol. The molecule has 11 heteroatoms. The molecular weight excluding hydrogens is 534 g/mol. The maximum Gasteiger partial charge on any atom is 3.00 e. The molecule has 4 heterocycles. The van der Waals surface area contributed by atoms with E-state index in [1.165, 1.54) is 12.7 Å². The summed E-state index contributed by atoms with van der Waals surface area (Å²) >= 11 is 0. The molecule has 1 aliphatic rings. The minimum absolute atomic E-state index is 0. The van der Waals surface area contributed by atoms with Crippen LogP contribution in [-0.2, 0) is 20.1 Å². The van der Waals surface area contributed by atoms with Gasteiger partial charge in [-0.25, -0.2) is 13.8 Å². The Hall–Kier alpha value is -2.91. The Morgan fingerprint density at radius 1 is 1.11 bits per heavy atom. The molecule has 0 saturated heterocycles. The van der Waals surface area contributed by atoms with Crippen LogP contribution in [0.1, 0.15) is 0 Å². The summed E-state index contributed by atoms with van der Waals surface area (Å²) in [7, 11) is 1.92. The topological polar surface area (TPSA) is 83.3 Å². The summed E-state index contributed by atoms with van der Waals surface area (Å²) in [6.45, 7) is 1.85. The van der Waals surface area contributed by atoms with Crippen LogP contribution in [0.4, 0.5) is 14.5 Å². The third-order valence-corrected chi connectivity index (χ3v) is 2.95. The number of hydrogen-bond donors (Lipinski definition) is 0. The molecule has 0 radical (unpaired) electrons. The van der Waals surface area contributed by atoms with E-state index in [1.54, 1.807) is 29.8 Å². The first-order chi connectivity index (χ1) is 12.6. The van der Waals surface area contributed by atoms with Crippen molar-refractivity contribution >= 4 is 12.0 Å². The molecule has 8 nitrogen and oxygen atoms in total. The second-order valence-corrected chi connectivity index (χ2v) is 4.83. The molecular formula is C16H11F2IrN8. The SMILES string of the molecule is CN1C=NN(c2[c-]ccnc2)[CH-]1.Fc1c[c-]c(-c2ncncn2)c(F)n1.[Ir+3]. The van der Waals surface area contributed by atoms with Gasteiger partial charge in [-0.3, -0.25) is 15.0 Å². The second-order valence-electron chi connectivity index (χ2n) is 4.83. The molecule has 0 aromatic carbocycles. The standard InChI is InChI=1S/C8H3F2N4.C8H8N4.Ir/c9-6-2-1-5(7(10)14-6)8-12-3-11-4-13-8;1-11-6-10-12(7-11)8-3-2-4-9-5-8;/h2-4H;2,4-7H,1H3;/q-1;-2;+3. The van der Waals surface area contributed by atoms with Gasteiger partial charge in [0.25, 0.3) is 0 Å². The van der Waals surface area contributed by atoms with Gasteiger partial charge in [-0.1, -0.05) is 29.7 Å². The van der Waals surface area contributed by atoms with Crippen molar-refractivity contribution in [2.45, 2.75) is 0 Å². The van der Waals surface area contributed by atoms with E-state index >= 15 is 0 Å². The molecule has 3 aromatic rings. The number of halogens is 2. The van der Waals surface area contributed by atoms with Crippen LogP contribution >= 0.6 is 0 Å². The van der Waals surface area contributed by atoms with Crippen LogP contribution in [0.15, 0.2) is 42.3 Å². The Morgan fingerprint density at radius 2 is 1.89 bits per heavy atom. The van der Waals surface area contributed by atoms with Crippen LogP contribution in [0.3, 0.4) is 0 Å². The van der Waals surface area contributed by atoms with Gasteiger partial charge < -0.3 is 14.9 Å². The van der Waals surface area contributed by atoms with Crippen molar-refractivity contribution in [3.63, 3.8) is 0 Å². The zero-order valence-corrected chi connectivity index (χ0v) is 16.2. The molecule has 0 bridgehead atoms. The quantitative estimate of drug-likeness (QED) is 0.358. The summed E-state index contributed by atoms with van der Waals surface area (Å²) in [6.07, 6.45) is 7.54. The van der Waals surface area contributed by atoms with Crippen LogP contribution in [0.5, 0.6) is 0 Å². The van der Waals surface area contributed by atoms with E-state index in [0.29, 0.717) is 0 Å². The molecule has 0 aliphatic carbocycles. The summed E-state index contributed by atoms with van der Waals surface area (Å²) in [5, 5.41) is 5.81. The van der Waals surface area contributed by atoms with Crippen molar-refractivity contribution < 1.29 is 28.9 Å². The predicted molar refractivity (Wildman–Crippen MR) is 87.9 cm³/mol. The largest absolute Gasteiger partial charge is 3.00 e. The van der Waals surface area contributed by atoms with Gasteiger partial charge >= 0.3 is 20.1 Å². The fourth-order valence-electron chi connectivity index (χ4n) is 1.83. The van der Waals surface area contributed by atoms with Gasteiger partial charge in [0.1, 0.15) is 24.6 Å². The summed E-state index contributed by atoms with van der Waals surface area (Å²) in [6, 6.07) is 8.06. The Bertz CT molecular complexity index is 882. The van der Waals surface area contributed by atoms with Gasteiger partial charge in [-0.2, -0.15) is 17.2 Å². The Morgan fingerprint density at radius 3 is 2.48 bits per heavy atom. The normalized spacial score (nSPS) is 12.3. The number of hydrogen-bond acceptors (Lipinski definition) is 8. The number of aromatic nitrogens is 5.